The van der Waals surface area contributed by atoms with Crippen LogP contribution in [0, 0.1) is 23.7 Å². The number of halogens is 1. The second-order valence-corrected chi connectivity index (χ2v) is 14.0. The van der Waals surface area contributed by atoms with E-state index in [0.29, 0.717) is 16.9 Å². The molecular weight excluding hydrogens is 566 g/mol. The second-order valence-electron chi connectivity index (χ2n) is 13.6. The summed E-state index contributed by atoms with van der Waals surface area (Å²) >= 11 is 6.09. The third kappa shape index (κ3) is 5.28. The first kappa shape index (κ1) is 28.3. The fraction of sp³-hybridized carbons (Fsp3) is 0.500. The van der Waals surface area contributed by atoms with Crippen LogP contribution in [-0.2, 0) is 20.7 Å². The molecule has 5 fully saturated rings. The minimum absolute atomic E-state index is 0.131. The van der Waals surface area contributed by atoms with Crippen LogP contribution in [0.4, 0.5) is 4.79 Å². The van der Waals surface area contributed by atoms with Crippen LogP contribution in [0.5, 0.6) is 0 Å². The van der Waals surface area contributed by atoms with Gasteiger partial charge in [-0.1, -0.05) is 41.9 Å². The van der Waals surface area contributed by atoms with E-state index in [-0.39, 0.29) is 31.4 Å². The number of carboxylic acids is 1. The van der Waals surface area contributed by atoms with Crippen molar-refractivity contribution in [1.29, 1.82) is 0 Å². The number of ether oxygens (including phenoxy) is 1. The van der Waals surface area contributed by atoms with E-state index in [9.17, 15) is 19.5 Å². The van der Waals surface area contributed by atoms with Crippen LogP contribution in [0.1, 0.15) is 62.5 Å². The highest BCUT2D eigenvalue weighted by atomic mass is 35.5. The zero-order valence-corrected chi connectivity index (χ0v) is 25.1. The number of H-pyrrole nitrogens is 1. The van der Waals surface area contributed by atoms with E-state index in [1.807, 2.05) is 42.6 Å². The number of rotatable bonds is 7. The van der Waals surface area contributed by atoms with E-state index in [1.165, 1.54) is 11.3 Å². The maximum Gasteiger partial charge on any atom is 0.408 e. The Balaban J connectivity index is 1.17. The van der Waals surface area contributed by atoms with Gasteiger partial charge in [-0.05, 0) is 98.4 Å². The highest BCUT2D eigenvalue weighted by molar-refractivity contribution is 6.30. The molecule has 3 aromatic rings. The molecule has 5 aliphatic rings. The number of nitrogens with zero attached hydrogens (tertiary/aromatic N) is 1. The van der Waals surface area contributed by atoms with Crippen molar-refractivity contribution in [2.45, 2.75) is 75.5 Å². The Morgan fingerprint density at radius 2 is 1.67 bits per heavy atom. The Labute approximate surface area is 256 Å². The van der Waals surface area contributed by atoms with Gasteiger partial charge in [-0.15, -0.1) is 0 Å². The number of carbonyl (C=O) groups is 3. The number of nitrogens with one attached hydrogen (secondary N) is 2. The third-order valence-corrected chi connectivity index (χ3v) is 10.9. The van der Waals surface area contributed by atoms with E-state index in [0.717, 1.165) is 59.5 Å². The number of aromatic nitrogens is 1. The molecule has 8 rings (SSSR count). The SMILES string of the molecule is C[C@](Cc1c[nH]c2ccccc12)(NC(=O)OC1C2CC3CC(C2)CC1C3)C(=O)N1C[C@H](c2ccc(Cl)cc2)C[C@@H]1C(=O)O. The van der Waals surface area contributed by atoms with Gasteiger partial charge in [-0.3, -0.25) is 4.79 Å². The smallest absolute Gasteiger partial charge is 0.408 e. The Bertz CT molecular complexity index is 1520. The number of benzene rings is 2. The molecule has 226 valence electrons. The summed E-state index contributed by atoms with van der Waals surface area (Å²) < 4.78 is 6.16. The number of fused-ring (bicyclic) bond motifs is 1. The van der Waals surface area contributed by atoms with Crippen molar-refractivity contribution in [3.05, 3.63) is 70.9 Å². The number of likely N-dealkylation sites (tertiary alicyclic amines) is 1. The molecule has 0 unspecified atom stereocenters. The molecule has 1 saturated heterocycles. The van der Waals surface area contributed by atoms with Crippen LogP contribution in [0.3, 0.4) is 0 Å². The summed E-state index contributed by atoms with van der Waals surface area (Å²) in [6.45, 7) is 1.93. The number of alkyl carbamates (subject to hydrolysis) is 1. The molecule has 1 aromatic heterocycles. The lowest BCUT2D eigenvalue weighted by Gasteiger charge is -2.53. The molecule has 8 nitrogen and oxygen atoms in total. The summed E-state index contributed by atoms with van der Waals surface area (Å²) in [6, 6.07) is 14.1. The summed E-state index contributed by atoms with van der Waals surface area (Å²) in [7, 11) is 0. The second kappa shape index (κ2) is 10.9. The molecule has 43 heavy (non-hydrogen) atoms. The number of hydrogen-bond acceptors (Lipinski definition) is 4. The number of aliphatic carboxylic acids is 1. The first-order valence-corrected chi connectivity index (χ1v) is 15.9. The van der Waals surface area contributed by atoms with Crippen LogP contribution in [-0.4, -0.2) is 57.2 Å². The van der Waals surface area contributed by atoms with E-state index in [1.54, 1.807) is 19.1 Å². The molecule has 1 aliphatic heterocycles. The highest BCUT2D eigenvalue weighted by Crippen LogP contribution is 2.54. The maximum atomic E-state index is 14.5. The average Bonchev–Trinajstić information content (AvgIpc) is 3.60. The molecule has 2 amide bonds. The van der Waals surface area contributed by atoms with E-state index < -0.39 is 29.6 Å². The quantitative estimate of drug-likeness (QED) is 0.300. The van der Waals surface area contributed by atoms with Gasteiger partial charge in [0, 0.05) is 41.0 Å². The predicted octanol–water partition coefficient (Wildman–Crippen LogP) is 6.14. The first-order valence-electron chi connectivity index (χ1n) is 15.5. The highest BCUT2D eigenvalue weighted by Gasteiger charge is 2.51. The van der Waals surface area contributed by atoms with Crippen LogP contribution in [0.25, 0.3) is 10.9 Å². The molecule has 4 bridgehead atoms. The monoisotopic (exact) mass is 603 g/mol. The number of carbonyl (C=O) groups excluding carboxylic acids is 2. The summed E-state index contributed by atoms with van der Waals surface area (Å²) in [4.78, 5) is 45.3. The Morgan fingerprint density at radius 1 is 1.00 bits per heavy atom. The molecule has 0 spiro atoms. The zero-order valence-electron chi connectivity index (χ0n) is 24.3. The van der Waals surface area contributed by atoms with Gasteiger partial charge in [0.1, 0.15) is 17.7 Å². The van der Waals surface area contributed by atoms with Gasteiger partial charge >= 0.3 is 12.1 Å². The van der Waals surface area contributed by atoms with Gasteiger partial charge in [-0.2, -0.15) is 0 Å². The molecule has 2 aromatic carbocycles. The van der Waals surface area contributed by atoms with Crippen molar-refractivity contribution in [3.63, 3.8) is 0 Å². The van der Waals surface area contributed by atoms with Crippen LogP contribution < -0.4 is 5.32 Å². The fourth-order valence-electron chi connectivity index (χ4n) is 8.87. The molecule has 2 heterocycles. The molecule has 4 aliphatic carbocycles. The van der Waals surface area contributed by atoms with Gasteiger partial charge in [0.2, 0.25) is 5.91 Å². The fourth-order valence-corrected chi connectivity index (χ4v) is 8.99. The molecule has 4 saturated carbocycles. The standard InChI is InChI=1S/C34H38ClN3O5/c1-34(16-25-17-36-28-5-3-2-4-27(25)28,37-33(42)43-30-22-11-19-10-20(13-22)14-23(30)12-19)32(41)38-18-24(15-29(38)31(39)40)21-6-8-26(35)9-7-21/h2-9,17,19-20,22-24,29-30,36H,10-16,18H2,1H3,(H,37,42)(H,39,40)/t19?,20?,22?,23?,24-,29-,30?,34-/m1/s1. The van der Waals surface area contributed by atoms with Crippen LogP contribution in [0.15, 0.2) is 54.7 Å². The van der Waals surface area contributed by atoms with Crippen molar-refractivity contribution in [1.82, 2.24) is 15.2 Å². The normalized spacial score (nSPS) is 30.7. The van der Waals surface area contributed by atoms with Gasteiger partial charge in [0.15, 0.2) is 0 Å². The van der Waals surface area contributed by atoms with Crippen molar-refractivity contribution in [2.75, 3.05) is 6.54 Å². The van der Waals surface area contributed by atoms with E-state index in [4.69, 9.17) is 16.3 Å². The first-order chi connectivity index (χ1) is 20.7. The predicted molar refractivity (Wildman–Crippen MR) is 163 cm³/mol. The lowest BCUT2D eigenvalue weighted by molar-refractivity contribution is -0.151. The van der Waals surface area contributed by atoms with E-state index in [2.05, 4.69) is 10.3 Å². The summed E-state index contributed by atoms with van der Waals surface area (Å²) in [5.41, 5.74) is 1.28. The molecule has 3 N–H and O–H groups in total. The van der Waals surface area contributed by atoms with Gasteiger partial charge in [-0.25, -0.2) is 9.59 Å². The number of para-hydroxylation sites is 1. The largest absolute Gasteiger partial charge is 0.480 e. The van der Waals surface area contributed by atoms with Crippen molar-refractivity contribution in [3.8, 4) is 0 Å². The van der Waals surface area contributed by atoms with Gasteiger partial charge in [0.25, 0.3) is 0 Å². The molecular formula is C34H38ClN3O5. The van der Waals surface area contributed by atoms with Crippen molar-refractivity contribution >= 4 is 40.5 Å². The lowest BCUT2D eigenvalue weighted by Crippen LogP contribution is -2.61. The maximum absolute atomic E-state index is 14.5. The van der Waals surface area contributed by atoms with Crippen LogP contribution in [0.2, 0.25) is 5.02 Å². The average molecular weight is 604 g/mol. The Hall–Kier alpha value is -3.52. The van der Waals surface area contributed by atoms with Crippen LogP contribution >= 0.6 is 11.6 Å². The van der Waals surface area contributed by atoms with E-state index >= 15 is 0 Å². The number of aromatic amines is 1. The molecule has 0 radical (unpaired) electrons. The number of hydrogen-bond donors (Lipinski definition) is 3. The van der Waals surface area contributed by atoms with Gasteiger partial charge < -0.3 is 25.0 Å². The minimum atomic E-state index is -1.43. The minimum Gasteiger partial charge on any atom is -0.480 e. The molecule has 3 atom stereocenters. The Kier molecular flexibility index (Phi) is 7.15. The summed E-state index contributed by atoms with van der Waals surface area (Å²) in [5.74, 6) is 0.603. The zero-order chi connectivity index (χ0) is 29.9. The van der Waals surface area contributed by atoms with Gasteiger partial charge in [0.05, 0.1) is 0 Å². The summed E-state index contributed by atoms with van der Waals surface area (Å²) in [6.07, 6.45) is 7.32. The number of carboxylic acid groups (broad SMARTS) is 1. The Morgan fingerprint density at radius 3 is 2.35 bits per heavy atom. The van der Waals surface area contributed by atoms with Crippen molar-refractivity contribution in [2.24, 2.45) is 23.7 Å². The molecule has 9 heteroatoms. The summed E-state index contributed by atoms with van der Waals surface area (Å²) in [5, 5.41) is 14.7. The lowest BCUT2D eigenvalue weighted by atomic mass is 9.55. The van der Waals surface area contributed by atoms with Crippen molar-refractivity contribution < 1.29 is 24.2 Å². The number of amides is 2. The topological polar surface area (TPSA) is 112 Å². The third-order valence-electron chi connectivity index (χ3n) is 10.6.